The summed E-state index contributed by atoms with van der Waals surface area (Å²) in [6, 6.07) is 16.1. The van der Waals surface area contributed by atoms with E-state index >= 15 is 0 Å². The topological polar surface area (TPSA) is 107 Å². The number of alkyl halides is 1. The van der Waals surface area contributed by atoms with E-state index in [1.807, 2.05) is 30.3 Å². The van der Waals surface area contributed by atoms with Gasteiger partial charge in [-0.1, -0.05) is 40.8 Å². The molecule has 5 atom stereocenters. The van der Waals surface area contributed by atoms with Crippen molar-refractivity contribution >= 4 is 40.5 Å². The number of para-hydroxylation sites is 1. The van der Waals surface area contributed by atoms with Crippen molar-refractivity contribution in [2.24, 2.45) is 0 Å². The van der Waals surface area contributed by atoms with Gasteiger partial charge < -0.3 is 28.4 Å². The zero-order valence-corrected chi connectivity index (χ0v) is 21.0. The minimum absolute atomic E-state index is 0.393. The van der Waals surface area contributed by atoms with E-state index in [0.717, 1.165) is 0 Å². The first-order valence-corrected chi connectivity index (χ1v) is 12.0. The maximum Gasteiger partial charge on any atom is 0.303 e. The molecule has 1 saturated heterocycles. The fourth-order valence-corrected chi connectivity index (χ4v) is 4.13. The summed E-state index contributed by atoms with van der Waals surface area (Å²) in [5, 5.41) is 0. The van der Waals surface area contributed by atoms with Gasteiger partial charge in [0.15, 0.2) is 12.2 Å². The molecule has 0 aliphatic carbocycles. The third-order valence-electron chi connectivity index (χ3n) is 4.70. The van der Waals surface area contributed by atoms with Gasteiger partial charge in [0.25, 0.3) is 0 Å². The third-order valence-corrected chi connectivity index (χ3v) is 5.57. The molecule has 182 valence electrons. The Labute approximate surface area is 210 Å². The summed E-state index contributed by atoms with van der Waals surface area (Å²) >= 11 is 2.06. The van der Waals surface area contributed by atoms with Crippen molar-refractivity contribution in [2.75, 3.05) is 4.43 Å². The molecule has 9 nitrogen and oxygen atoms in total. The first-order chi connectivity index (χ1) is 16.3. The molecule has 0 aromatic heterocycles. The zero-order valence-electron chi connectivity index (χ0n) is 18.8. The lowest BCUT2D eigenvalue weighted by atomic mass is 9.99. The smallest absolute Gasteiger partial charge is 0.303 e. The fraction of sp³-hybridized carbons (Fsp3) is 0.375. The molecule has 0 saturated carbocycles. The van der Waals surface area contributed by atoms with Crippen molar-refractivity contribution in [3.63, 3.8) is 0 Å². The minimum Gasteiger partial charge on any atom is -0.461 e. The zero-order chi connectivity index (χ0) is 24.7. The molecular weight excluding hydrogens is 559 g/mol. The molecule has 1 heterocycles. The van der Waals surface area contributed by atoms with Crippen LogP contribution in [-0.4, -0.2) is 53.0 Å². The Balaban J connectivity index is 1.83. The molecule has 1 fully saturated rings. The van der Waals surface area contributed by atoms with E-state index < -0.39 is 48.6 Å². The van der Waals surface area contributed by atoms with Crippen molar-refractivity contribution in [3.05, 3.63) is 54.6 Å². The maximum atomic E-state index is 11.8. The highest BCUT2D eigenvalue weighted by Crippen LogP contribution is 2.32. The Morgan fingerprint density at radius 3 is 1.79 bits per heavy atom. The van der Waals surface area contributed by atoms with Gasteiger partial charge in [-0.15, -0.1) is 0 Å². The molecule has 1 aliphatic heterocycles. The molecule has 3 rings (SSSR count). The molecule has 0 amide bonds. The van der Waals surface area contributed by atoms with Gasteiger partial charge in [-0.25, -0.2) is 0 Å². The Morgan fingerprint density at radius 1 is 0.735 bits per heavy atom. The van der Waals surface area contributed by atoms with E-state index in [1.165, 1.54) is 20.8 Å². The standard InChI is InChI=1S/C24H25IO9/c1-14(26)29-21-20(13-25)34-24(23(31-16(3)28)22(21)30-15(2)27)33-19-11-9-18(10-12-19)32-17-7-5-4-6-8-17/h4-12,20-24H,13H2,1-3H3/t20-,21+,22+,23-,24-/m1/s1. The van der Waals surface area contributed by atoms with Gasteiger partial charge in [0, 0.05) is 25.2 Å². The van der Waals surface area contributed by atoms with Crippen LogP contribution in [0.25, 0.3) is 0 Å². The van der Waals surface area contributed by atoms with Gasteiger partial charge in [0.2, 0.25) is 12.4 Å². The van der Waals surface area contributed by atoms with Gasteiger partial charge in [0.1, 0.15) is 23.4 Å². The highest BCUT2D eigenvalue weighted by atomic mass is 127. The van der Waals surface area contributed by atoms with Crippen LogP contribution in [-0.2, 0) is 33.3 Å². The number of carbonyl (C=O) groups is 3. The number of hydrogen-bond donors (Lipinski definition) is 0. The van der Waals surface area contributed by atoms with Crippen LogP contribution < -0.4 is 9.47 Å². The number of esters is 3. The summed E-state index contributed by atoms with van der Waals surface area (Å²) in [7, 11) is 0. The number of benzene rings is 2. The lowest BCUT2D eigenvalue weighted by Gasteiger charge is -2.43. The van der Waals surface area contributed by atoms with Crippen LogP contribution in [0.15, 0.2) is 54.6 Å². The van der Waals surface area contributed by atoms with Gasteiger partial charge >= 0.3 is 17.9 Å². The quantitative estimate of drug-likeness (QED) is 0.198. The molecular formula is C24H25IO9. The summed E-state index contributed by atoms with van der Waals surface area (Å²) < 4.78 is 34.4. The minimum atomic E-state index is -1.18. The van der Waals surface area contributed by atoms with Gasteiger partial charge in [-0.05, 0) is 36.4 Å². The Morgan fingerprint density at radius 2 is 1.24 bits per heavy atom. The van der Waals surface area contributed by atoms with E-state index in [4.69, 9.17) is 28.4 Å². The van der Waals surface area contributed by atoms with E-state index in [-0.39, 0.29) is 0 Å². The monoisotopic (exact) mass is 584 g/mol. The molecule has 1 aliphatic rings. The molecule has 0 spiro atoms. The number of carbonyl (C=O) groups excluding carboxylic acids is 3. The summed E-state index contributed by atoms with van der Waals surface area (Å²) in [6.07, 6.45) is -5.08. The van der Waals surface area contributed by atoms with Crippen LogP contribution in [0.5, 0.6) is 17.2 Å². The van der Waals surface area contributed by atoms with E-state index in [0.29, 0.717) is 21.7 Å². The Kier molecular flexibility index (Phi) is 9.11. The molecule has 0 N–H and O–H groups in total. The molecule has 34 heavy (non-hydrogen) atoms. The van der Waals surface area contributed by atoms with Gasteiger partial charge in [0.05, 0.1) is 0 Å². The Hall–Kier alpha value is -2.86. The lowest BCUT2D eigenvalue weighted by molar-refractivity contribution is -0.279. The van der Waals surface area contributed by atoms with Crippen molar-refractivity contribution in [3.8, 4) is 17.2 Å². The average molecular weight is 584 g/mol. The van der Waals surface area contributed by atoms with Crippen LogP contribution in [0.4, 0.5) is 0 Å². The van der Waals surface area contributed by atoms with Crippen LogP contribution in [0.2, 0.25) is 0 Å². The number of ether oxygens (including phenoxy) is 6. The van der Waals surface area contributed by atoms with Crippen LogP contribution >= 0.6 is 22.6 Å². The fourth-order valence-electron chi connectivity index (χ4n) is 3.42. The highest BCUT2D eigenvalue weighted by molar-refractivity contribution is 14.1. The third kappa shape index (κ3) is 7.07. The van der Waals surface area contributed by atoms with Crippen LogP contribution in [0, 0.1) is 0 Å². The van der Waals surface area contributed by atoms with Crippen molar-refractivity contribution < 1.29 is 42.8 Å². The number of hydrogen-bond acceptors (Lipinski definition) is 9. The molecule has 10 heteroatoms. The predicted octanol–water partition coefficient (Wildman–Crippen LogP) is 3.81. The summed E-state index contributed by atoms with van der Waals surface area (Å²) in [5.41, 5.74) is 0. The number of rotatable bonds is 8. The second-order valence-corrected chi connectivity index (χ2v) is 8.30. The maximum absolute atomic E-state index is 11.8. The molecule has 0 bridgehead atoms. The molecule has 2 aromatic rings. The molecule has 2 aromatic carbocycles. The van der Waals surface area contributed by atoms with Crippen LogP contribution in [0.1, 0.15) is 20.8 Å². The summed E-state index contributed by atoms with van der Waals surface area (Å²) in [6.45, 7) is 3.66. The lowest BCUT2D eigenvalue weighted by Crippen LogP contribution is -2.63. The summed E-state index contributed by atoms with van der Waals surface area (Å²) in [4.78, 5) is 35.4. The first kappa shape index (κ1) is 25.8. The van der Waals surface area contributed by atoms with Gasteiger partial charge in [-0.2, -0.15) is 0 Å². The van der Waals surface area contributed by atoms with E-state index in [9.17, 15) is 14.4 Å². The van der Waals surface area contributed by atoms with Crippen molar-refractivity contribution in [1.29, 1.82) is 0 Å². The van der Waals surface area contributed by atoms with Crippen LogP contribution in [0.3, 0.4) is 0 Å². The average Bonchev–Trinajstić information content (AvgIpc) is 2.78. The molecule has 0 unspecified atom stereocenters. The molecule has 0 radical (unpaired) electrons. The second kappa shape index (κ2) is 12.0. The largest absolute Gasteiger partial charge is 0.461 e. The van der Waals surface area contributed by atoms with E-state index in [2.05, 4.69) is 22.6 Å². The van der Waals surface area contributed by atoms with Gasteiger partial charge in [-0.3, -0.25) is 14.4 Å². The van der Waals surface area contributed by atoms with Crippen molar-refractivity contribution in [2.45, 2.75) is 51.5 Å². The Bertz CT molecular complexity index is 980. The summed E-state index contributed by atoms with van der Waals surface area (Å²) in [5.74, 6) is -0.169. The van der Waals surface area contributed by atoms with E-state index in [1.54, 1.807) is 24.3 Å². The highest BCUT2D eigenvalue weighted by Gasteiger charge is 2.52. The normalized spacial score (nSPS) is 23.9. The predicted molar refractivity (Wildman–Crippen MR) is 128 cm³/mol. The second-order valence-electron chi connectivity index (χ2n) is 7.42. The van der Waals surface area contributed by atoms with Crippen molar-refractivity contribution in [1.82, 2.24) is 0 Å². The first-order valence-electron chi connectivity index (χ1n) is 10.5. The number of halogens is 1. The SMILES string of the molecule is CC(=O)O[C@H]1[C@@H](OC(C)=O)[C@@H](CI)O[C@@H](Oc2ccc(Oc3ccccc3)cc2)[C@@H]1OC(C)=O.